The van der Waals surface area contributed by atoms with E-state index in [0.717, 1.165) is 0 Å². The first-order valence-electron chi connectivity index (χ1n) is 6.45. The normalized spacial score (nSPS) is 22.3. The number of hydrogen-bond donors (Lipinski definition) is 2. The van der Waals surface area contributed by atoms with Gasteiger partial charge in [-0.1, -0.05) is 0 Å². The molecule has 2 N–H and O–H groups in total. The van der Waals surface area contributed by atoms with Crippen LogP contribution in [-0.2, 0) is 4.74 Å². The van der Waals surface area contributed by atoms with Crippen molar-refractivity contribution in [2.75, 3.05) is 7.11 Å². The first-order valence-corrected chi connectivity index (χ1v) is 6.45. The third-order valence-corrected chi connectivity index (χ3v) is 3.98. The Morgan fingerprint density at radius 3 is 2.75 bits per heavy atom. The van der Waals surface area contributed by atoms with Crippen LogP contribution >= 0.6 is 0 Å². The Balaban J connectivity index is 2.42. The number of aliphatic hydroxyl groups is 1. The summed E-state index contributed by atoms with van der Waals surface area (Å²) < 4.78 is 10.8. The lowest BCUT2D eigenvalue weighted by Crippen LogP contribution is -2.31. The molecule has 0 saturated carbocycles. The zero-order chi connectivity index (χ0) is 14.6. The lowest BCUT2D eigenvalue weighted by Gasteiger charge is -2.29. The number of carbonyl (C=O) groups excluding carboxylic acids is 1. The number of aliphatic hydroxyl groups excluding tert-OH is 1. The van der Waals surface area contributed by atoms with Crippen molar-refractivity contribution in [1.29, 1.82) is 0 Å². The molecule has 0 unspecified atom stereocenters. The Hall–Kier alpha value is -1.85. The molecule has 2 atom stereocenters. The minimum Gasteiger partial charge on any atom is -0.507 e. The quantitative estimate of drug-likeness (QED) is 0.836. The van der Waals surface area contributed by atoms with Gasteiger partial charge >= 0.3 is 0 Å². The van der Waals surface area contributed by atoms with Gasteiger partial charge in [0.25, 0.3) is 0 Å². The van der Waals surface area contributed by atoms with Gasteiger partial charge in [-0.2, -0.15) is 0 Å². The minimum absolute atomic E-state index is 0.0445. The molecule has 0 saturated heterocycles. The van der Waals surface area contributed by atoms with Crippen molar-refractivity contribution in [3.8, 4) is 5.75 Å². The molecule has 0 bridgehead atoms. The van der Waals surface area contributed by atoms with E-state index in [1.54, 1.807) is 19.9 Å². The first-order chi connectivity index (χ1) is 9.45. The molecule has 3 rings (SSSR count). The number of ether oxygens (including phenoxy) is 1. The van der Waals surface area contributed by atoms with E-state index >= 15 is 0 Å². The summed E-state index contributed by atoms with van der Waals surface area (Å²) in [7, 11) is 1.45. The lowest BCUT2D eigenvalue weighted by atomic mass is 9.83. The zero-order valence-electron chi connectivity index (χ0n) is 11.6. The van der Waals surface area contributed by atoms with Crippen LogP contribution in [0.25, 0.3) is 11.0 Å². The first kappa shape index (κ1) is 13.1. The van der Waals surface area contributed by atoms with Crippen LogP contribution in [0.15, 0.2) is 10.5 Å². The molecule has 1 aliphatic carbocycles. The number of phenols is 1. The zero-order valence-corrected chi connectivity index (χ0v) is 11.6. The smallest absolute Gasteiger partial charge is 0.169 e. The highest BCUT2D eigenvalue weighted by Crippen LogP contribution is 2.44. The lowest BCUT2D eigenvalue weighted by molar-refractivity contribution is -0.0191. The highest BCUT2D eigenvalue weighted by molar-refractivity contribution is 6.07. The molecule has 0 amide bonds. The summed E-state index contributed by atoms with van der Waals surface area (Å²) >= 11 is 0. The summed E-state index contributed by atoms with van der Waals surface area (Å²) in [5, 5.41) is 21.4. The summed E-state index contributed by atoms with van der Waals surface area (Å²) in [5.74, 6) is 0.343. The molecule has 1 aromatic heterocycles. The molecule has 0 radical (unpaired) electrons. The van der Waals surface area contributed by atoms with Gasteiger partial charge < -0.3 is 19.4 Å². The second kappa shape index (κ2) is 4.33. The van der Waals surface area contributed by atoms with E-state index in [9.17, 15) is 15.0 Å². The SMILES string of the molecule is CO[C@@H]1CC(=O)c2c(O)c(C)c3cc(C)oc3c2[C@@H]1O. The van der Waals surface area contributed by atoms with Gasteiger partial charge in [0.1, 0.15) is 23.2 Å². The van der Waals surface area contributed by atoms with Crippen molar-refractivity contribution in [3.05, 3.63) is 28.5 Å². The van der Waals surface area contributed by atoms with E-state index in [-0.39, 0.29) is 23.5 Å². The van der Waals surface area contributed by atoms with Crippen LogP contribution in [0, 0.1) is 13.8 Å². The van der Waals surface area contributed by atoms with Crippen LogP contribution in [0.4, 0.5) is 0 Å². The number of carbonyl (C=O) groups is 1. The minimum atomic E-state index is -0.993. The monoisotopic (exact) mass is 276 g/mol. The summed E-state index contributed by atoms with van der Waals surface area (Å²) in [6.07, 6.45) is -1.57. The van der Waals surface area contributed by atoms with Crippen LogP contribution < -0.4 is 0 Å². The predicted molar refractivity (Wildman–Crippen MR) is 72.1 cm³/mol. The largest absolute Gasteiger partial charge is 0.507 e. The van der Waals surface area contributed by atoms with Gasteiger partial charge in [0.15, 0.2) is 5.78 Å². The number of ketones is 1. The fourth-order valence-corrected chi connectivity index (χ4v) is 2.91. The standard InChI is InChI=1S/C15H16O5/c1-6-4-8-7(2)13(17)11-9(16)5-10(19-3)14(18)12(11)15(8)20-6/h4,10,14,17-18H,5H2,1-3H3/t10-,14-/m1/s1. The molecule has 0 spiro atoms. The maximum absolute atomic E-state index is 12.2. The summed E-state index contributed by atoms with van der Waals surface area (Å²) in [5.41, 5.74) is 1.53. The molecule has 1 aromatic carbocycles. The van der Waals surface area contributed by atoms with Crippen molar-refractivity contribution >= 4 is 16.8 Å². The molecule has 0 aliphatic heterocycles. The van der Waals surface area contributed by atoms with Gasteiger partial charge in [-0.05, 0) is 19.9 Å². The van der Waals surface area contributed by atoms with Gasteiger partial charge in [-0.3, -0.25) is 4.79 Å². The van der Waals surface area contributed by atoms with Crippen molar-refractivity contribution in [3.63, 3.8) is 0 Å². The van der Waals surface area contributed by atoms with E-state index in [1.807, 2.05) is 0 Å². The summed E-state index contributed by atoms with van der Waals surface area (Å²) in [6.45, 7) is 3.52. The van der Waals surface area contributed by atoms with Crippen molar-refractivity contribution in [2.45, 2.75) is 32.5 Å². The molecule has 5 nitrogen and oxygen atoms in total. The number of Topliss-reactive ketones (excluding diaryl/α,β-unsaturated/α-hetero) is 1. The fraction of sp³-hybridized carbons (Fsp3) is 0.400. The van der Waals surface area contributed by atoms with E-state index in [0.29, 0.717) is 27.9 Å². The number of phenolic OH excluding ortho intramolecular Hbond substituents is 1. The molecular formula is C15H16O5. The highest BCUT2D eigenvalue weighted by Gasteiger charge is 2.38. The number of aryl methyl sites for hydroxylation is 2. The highest BCUT2D eigenvalue weighted by atomic mass is 16.5. The van der Waals surface area contributed by atoms with Crippen molar-refractivity contribution in [1.82, 2.24) is 0 Å². The van der Waals surface area contributed by atoms with Crippen molar-refractivity contribution < 1.29 is 24.2 Å². The number of aromatic hydroxyl groups is 1. The maximum Gasteiger partial charge on any atom is 0.169 e. The Morgan fingerprint density at radius 2 is 2.10 bits per heavy atom. The van der Waals surface area contributed by atoms with Gasteiger partial charge in [-0.25, -0.2) is 0 Å². The number of fused-ring (bicyclic) bond motifs is 3. The third kappa shape index (κ3) is 1.60. The van der Waals surface area contributed by atoms with E-state index in [1.165, 1.54) is 7.11 Å². The molecule has 106 valence electrons. The fourth-order valence-electron chi connectivity index (χ4n) is 2.91. The van der Waals surface area contributed by atoms with E-state index in [2.05, 4.69) is 0 Å². The molecular weight excluding hydrogens is 260 g/mol. The molecule has 1 aliphatic rings. The number of benzene rings is 1. The summed E-state index contributed by atoms with van der Waals surface area (Å²) in [6, 6.07) is 1.79. The van der Waals surface area contributed by atoms with Gasteiger partial charge in [0, 0.05) is 30.0 Å². The Bertz CT molecular complexity index is 713. The van der Waals surface area contributed by atoms with Crippen LogP contribution in [0.3, 0.4) is 0 Å². The van der Waals surface area contributed by atoms with E-state index < -0.39 is 12.2 Å². The van der Waals surface area contributed by atoms with Crippen LogP contribution in [0.5, 0.6) is 5.75 Å². The Kier molecular flexibility index (Phi) is 2.84. The van der Waals surface area contributed by atoms with Gasteiger partial charge in [-0.15, -0.1) is 0 Å². The summed E-state index contributed by atoms with van der Waals surface area (Å²) in [4.78, 5) is 12.2. The van der Waals surface area contributed by atoms with E-state index in [4.69, 9.17) is 9.15 Å². The molecule has 1 heterocycles. The predicted octanol–water partition coefficient (Wildman–Crippen LogP) is 2.39. The molecule has 5 heteroatoms. The molecule has 20 heavy (non-hydrogen) atoms. The average molecular weight is 276 g/mol. The van der Waals surface area contributed by atoms with Crippen LogP contribution in [0.2, 0.25) is 0 Å². The molecule has 2 aromatic rings. The number of furan rings is 1. The average Bonchev–Trinajstić information content (AvgIpc) is 2.80. The van der Waals surface area contributed by atoms with Gasteiger partial charge in [0.05, 0.1) is 11.7 Å². The Labute approximate surface area is 115 Å². The van der Waals surface area contributed by atoms with Crippen LogP contribution in [-0.4, -0.2) is 29.2 Å². The molecule has 0 fully saturated rings. The topological polar surface area (TPSA) is 79.9 Å². The Morgan fingerprint density at radius 1 is 1.40 bits per heavy atom. The van der Waals surface area contributed by atoms with Crippen molar-refractivity contribution in [2.24, 2.45) is 0 Å². The number of hydrogen-bond acceptors (Lipinski definition) is 5. The third-order valence-electron chi connectivity index (χ3n) is 3.98. The van der Waals surface area contributed by atoms with Crippen LogP contribution in [0.1, 0.15) is 39.8 Å². The van der Waals surface area contributed by atoms with Gasteiger partial charge in [0.2, 0.25) is 0 Å². The second-order valence-corrected chi connectivity index (χ2v) is 5.21. The number of rotatable bonds is 1. The maximum atomic E-state index is 12.2. The second-order valence-electron chi connectivity index (χ2n) is 5.21. The number of methoxy groups -OCH3 is 1.